The Bertz CT molecular complexity index is 707. The summed E-state index contributed by atoms with van der Waals surface area (Å²) in [6.07, 6.45) is 2.97. The Balaban J connectivity index is 1.59. The highest BCUT2D eigenvalue weighted by Crippen LogP contribution is 2.31. The number of thioether (sulfide) groups is 1. The summed E-state index contributed by atoms with van der Waals surface area (Å²) in [6.45, 7) is 2.54. The highest BCUT2D eigenvalue weighted by molar-refractivity contribution is 7.99. The number of amides is 1. The molecule has 1 amide bonds. The molecule has 1 aliphatic heterocycles. The second-order valence-electron chi connectivity index (χ2n) is 5.86. The third-order valence-corrected chi connectivity index (χ3v) is 5.43. The minimum Gasteiger partial charge on any atom is -0.337 e. The number of carbonyl (C=O) groups excluding carboxylic acids is 1. The van der Waals surface area contributed by atoms with Crippen molar-refractivity contribution in [2.75, 3.05) is 12.3 Å². The van der Waals surface area contributed by atoms with E-state index in [-0.39, 0.29) is 11.9 Å². The number of benzene rings is 1. The van der Waals surface area contributed by atoms with Crippen LogP contribution in [-0.4, -0.2) is 33.2 Å². The predicted molar refractivity (Wildman–Crippen MR) is 95.0 cm³/mol. The van der Waals surface area contributed by atoms with Crippen molar-refractivity contribution in [3.63, 3.8) is 0 Å². The van der Waals surface area contributed by atoms with Gasteiger partial charge in [0.25, 0.3) is 0 Å². The molecule has 0 unspecified atom stereocenters. The third kappa shape index (κ3) is 4.11. The van der Waals surface area contributed by atoms with Gasteiger partial charge in [-0.25, -0.2) is 0 Å². The van der Waals surface area contributed by atoms with Crippen LogP contribution in [0.2, 0.25) is 5.02 Å². The first kappa shape index (κ1) is 17.3. The lowest BCUT2D eigenvalue weighted by Crippen LogP contribution is -2.39. The molecular formula is C17H20ClN3O2S. The first-order chi connectivity index (χ1) is 11.6. The van der Waals surface area contributed by atoms with Gasteiger partial charge in [0.2, 0.25) is 11.8 Å². The monoisotopic (exact) mass is 365 g/mol. The normalized spacial score (nSPS) is 17.9. The van der Waals surface area contributed by atoms with Crippen LogP contribution in [-0.2, 0) is 10.5 Å². The van der Waals surface area contributed by atoms with Gasteiger partial charge in [-0.3, -0.25) is 4.79 Å². The van der Waals surface area contributed by atoms with Gasteiger partial charge in [0, 0.05) is 17.3 Å². The molecule has 0 bridgehead atoms. The van der Waals surface area contributed by atoms with Crippen LogP contribution in [0.4, 0.5) is 0 Å². The van der Waals surface area contributed by atoms with Gasteiger partial charge < -0.3 is 9.42 Å². The molecule has 1 aromatic heterocycles. The van der Waals surface area contributed by atoms with Crippen molar-refractivity contribution in [3.05, 3.63) is 46.6 Å². The lowest BCUT2D eigenvalue weighted by atomic mass is 10.0. The molecule has 128 valence electrons. The summed E-state index contributed by atoms with van der Waals surface area (Å²) in [4.78, 5) is 18.8. The maximum absolute atomic E-state index is 12.6. The molecule has 1 aliphatic rings. The van der Waals surface area contributed by atoms with Crippen LogP contribution >= 0.6 is 23.4 Å². The number of hydrogen-bond donors (Lipinski definition) is 0. The molecule has 0 radical (unpaired) electrons. The molecule has 2 heterocycles. The summed E-state index contributed by atoms with van der Waals surface area (Å²) in [7, 11) is 0. The zero-order valence-corrected chi connectivity index (χ0v) is 15.1. The van der Waals surface area contributed by atoms with E-state index in [4.69, 9.17) is 16.1 Å². The number of halogens is 1. The van der Waals surface area contributed by atoms with Crippen molar-refractivity contribution in [2.45, 2.75) is 38.0 Å². The minimum absolute atomic E-state index is 0.0895. The molecule has 1 fully saturated rings. The standard InChI is InChI=1S/C17H20ClN3O2S/c1-12-19-17(23-20-12)15-8-4-5-9-21(15)16(22)11-24-10-13-6-2-3-7-14(13)18/h2-3,6-7,15H,4-5,8-11H2,1H3/t15-/m0/s1. The topological polar surface area (TPSA) is 59.2 Å². The number of rotatable bonds is 5. The van der Waals surface area contributed by atoms with Gasteiger partial charge >= 0.3 is 0 Å². The lowest BCUT2D eigenvalue weighted by molar-refractivity contribution is -0.132. The molecule has 2 aromatic rings. The fraction of sp³-hybridized carbons (Fsp3) is 0.471. The van der Waals surface area contributed by atoms with Crippen molar-refractivity contribution in [3.8, 4) is 0 Å². The van der Waals surface area contributed by atoms with E-state index < -0.39 is 0 Å². The Hall–Kier alpha value is -1.53. The summed E-state index contributed by atoms with van der Waals surface area (Å²) >= 11 is 7.74. The Morgan fingerprint density at radius 3 is 3.00 bits per heavy atom. The van der Waals surface area contributed by atoms with E-state index >= 15 is 0 Å². The number of aryl methyl sites for hydroxylation is 1. The molecule has 24 heavy (non-hydrogen) atoms. The largest absolute Gasteiger partial charge is 0.337 e. The summed E-state index contributed by atoms with van der Waals surface area (Å²) in [5.41, 5.74) is 1.06. The van der Waals surface area contributed by atoms with Crippen LogP contribution < -0.4 is 0 Å². The Morgan fingerprint density at radius 2 is 2.25 bits per heavy atom. The van der Waals surface area contributed by atoms with Crippen LogP contribution in [0, 0.1) is 6.92 Å². The molecule has 0 N–H and O–H groups in total. The molecule has 0 saturated carbocycles. The molecule has 1 saturated heterocycles. The van der Waals surface area contributed by atoms with Crippen molar-refractivity contribution < 1.29 is 9.32 Å². The number of likely N-dealkylation sites (tertiary alicyclic amines) is 1. The fourth-order valence-corrected chi connectivity index (χ4v) is 4.08. The number of hydrogen-bond acceptors (Lipinski definition) is 5. The lowest BCUT2D eigenvalue weighted by Gasteiger charge is -2.33. The SMILES string of the molecule is Cc1noc([C@@H]2CCCCN2C(=O)CSCc2ccccc2Cl)n1. The molecule has 5 nitrogen and oxygen atoms in total. The van der Waals surface area contributed by atoms with Gasteiger partial charge in [0.1, 0.15) is 6.04 Å². The third-order valence-electron chi connectivity index (χ3n) is 4.09. The molecule has 1 atom stereocenters. The molecule has 0 aliphatic carbocycles. The first-order valence-electron chi connectivity index (χ1n) is 8.06. The van der Waals surface area contributed by atoms with Gasteiger partial charge in [-0.05, 0) is 37.8 Å². The zero-order valence-electron chi connectivity index (χ0n) is 13.6. The maximum atomic E-state index is 12.6. The first-order valence-corrected chi connectivity index (χ1v) is 9.59. The summed E-state index contributed by atoms with van der Waals surface area (Å²) in [5, 5.41) is 4.60. The van der Waals surface area contributed by atoms with E-state index in [0.29, 0.717) is 17.5 Å². The van der Waals surface area contributed by atoms with Crippen molar-refractivity contribution in [1.29, 1.82) is 0 Å². The van der Waals surface area contributed by atoms with Gasteiger partial charge in [-0.1, -0.05) is 35.0 Å². The molecule has 1 aromatic carbocycles. The van der Waals surface area contributed by atoms with Crippen LogP contribution in [0.1, 0.15) is 42.6 Å². The number of piperidine rings is 1. The number of carbonyl (C=O) groups is 1. The Morgan fingerprint density at radius 1 is 1.42 bits per heavy atom. The van der Waals surface area contributed by atoms with E-state index in [9.17, 15) is 4.79 Å². The second-order valence-corrected chi connectivity index (χ2v) is 7.26. The average molecular weight is 366 g/mol. The maximum Gasteiger partial charge on any atom is 0.249 e. The van der Waals surface area contributed by atoms with Crippen LogP contribution in [0.5, 0.6) is 0 Å². The Kier molecular flexibility index (Phi) is 5.79. The quantitative estimate of drug-likeness (QED) is 0.800. The molecule has 0 spiro atoms. The summed E-state index contributed by atoms with van der Waals surface area (Å²) < 4.78 is 5.29. The van der Waals surface area contributed by atoms with Crippen LogP contribution in [0.3, 0.4) is 0 Å². The predicted octanol–water partition coefficient (Wildman–Crippen LogP) is 4.02. The van der Waals surface area contributed by atoms with Gasteiger partial charge in [0.15, 0.2) is 5.82 Å². The van der Waals surface area contributed by atoms with E-state index in [2.05, 4.69) is 10.1 Å². The van der Waals surface area contributed by atoms with E-state index in [0.717, 1.165) is 42.1 Å². The van der Waals surface area contributed by atoms with Gasteiger partial charge in [-0.15, -0.1) is 11.8 Å². The number of aromatic nitrogens is 2. The van der Waals surface area contributed by atoms with Crippen molar-refractivity contribution >= 4 is 29.3 Å². The van der Waals surface area contributed by atoms with Gasteiger partial charge in [0.05, 0.1) is 5.75 Å². The van der Waals surface area contributed by atoms with E-state index in [1.54, 1.807) is 18.7 Å². The average Bonchev–Trinajstić information content (AvgIpc) is 3.03. The van der Waals surface area contributed by atoms with Gasteiger partial charge in [-0.2, -0.15) is 4.98 Å². The molecule has 3 rings (SSSR count). The summed E-state index contributed by atoms with van der Waals surface area (Å²) in [6, 6.07) is 7.64. The fourth-order valence-electron chi connectivity index (χ4n) is 2.88. The highest BCUT2D eigenvalue weighted by Gasteiger charge is 2.31. The molecular weight excluding hydrogens is 346 g/mol. The van der Waals surface area contributed by atoms with Crippen molar-refractivity contribution in [2.24, 2.45) is 0 Å². The van der Waals surface area contributed by atoms with E-state index in [1.807, 2.05) is 29.2 Å². The zero-order chi connectivity index (χ0) is 16.9. The Labute approximate surface area is 150 Å². The van der Waals surface area contributed by atoms with Crippen LogP contribution in [0.15, 0.2) is 28.8 Å². The second kappa shape index (κ2) is 8.03. The van der Waals surface area contributed by atoms with Crippen molar-refractivity contribution in [1.82, 2.24) is 15.0 Å². The van der Waals surface area contributed by atoms with E-state index in [1.165, 1.54) is 0 Å². The van der Waals surface area contributed by atoms with Crippen LogP contribution in [0.25, 0.3) is 0 Å². The highest BCUT2D eigenvalue weighted by atomic mass is 35.5. The minimum atomic E-state index is -0.0895. The summed E-state index contributed by atoms with van der Waals surface area (Å²) in [5.74, 6) is 2.43. The smallest absolute Gasteiger partial charge is 0.249 e. The number of nitrogens with zero attached hydrogens (tertiary/aromatic N) is 3. The molecule has 7 heteroatoms.